The second-order valence-electron chi connectivity index (χ2n) is 4.38. The third-order valence-corrected chi connectivity index (χ3v) is 2.96. The standard InChI is InChI=1S/C15H13N3O/c1-10-4-2-5-11(8-10)14-13(15(16)19-18-14)12-6-3-7-17-9-12/h2-9H,16H2,1H3. The van der Waals surface area contributed by atoms with Crippen molar-refractivity contribution >= 4 is 5.88 Å². The summed E-state index contributed by atoms with van der Waals surface area (Å²) in [4.78, 5) is 4.11. The number of nitrogens with two attached hydrogens (primary N) is 1. The predicted octanol–water partition coefficient (Wildman–Crippen LogP) is 3.29. The Morgan fingerprint density at radius 1 is 1.11 bits per heavy atom. The lowest BCUT2D eigenvalue weighted by atomic mass is 10.0. The molecule has 0 aliphatic carbocycles. The van der Waals surface area contributed by atoms with Crippen LogP contribution in [0.4, 0.5) is 5.88 Å². The summed E-state index contributed by atoms with van der Waals surface area (Å²) in [6.45, 7) is 2.04. The number of rotatable bonds is 2. The summed E-state index contributed by atoms with van der Waals surface area (Å²) in [5.41, 5.74) is 10.5. The average molecular weight is 251 g/mol. The number of anilines is 1. The Hall–Kier alpha value is -2.62. The molecular formula is C15H13N3O. The van der Waals surface area contributed by atoms with E-state index in [1.165, 1.54) is 0 Å². The zero-order valence-corrected chi connectivity index (χ0v) is 10.5. The van der Waals surface area contributed by atoms with Crippen molar-refractivity contribution < 1.29 is 4.52 Å². The molecule has 0 saturated heterocycles. The van der Waals surface area contributed by atoms with E-state index in [1.54, 1.807) is 12.4 Å². The lowest BCUT2D eigenvalue weighted by Gasteiger charge is -2.03. The molecule has 19 heavy (non-hydrogen) atoms. The molecule has 0 amide bonds. The summed E-state index contributed by atoms with van der Waals surface area (Å²) >= 11 is 0. The molecule has 2 N–H and O–H groups in total. The van der Waals surface area contributed by atoms with Gasteiger partial charge in [-0.25, -0.2) is 0 Å². The molecule has 0 aliphatic rings. The van der Waals surface area contributed by atoms with Gasteiger partial charge in [0.1, 0.15) is 5.69 Å². The number of nitrogens with zero attached hydrogens (tertiary/aromatic N) is 2. The number of pyridine rings is 1. The smallest absolute Gasteiger partial charge is 0.230 e. The molecule has 4 nitrogen and oxygen atoms in total. The van der Waals surface area contributed by atoms with Crippen molar-refractivity contribution in [2.24, 2.45) is 0 Å². The van der Waals surface area contributed by atoms with Crippen molar-refractivity contribution in [1.29, 1.82) is 0 Å². The van der Waals surface area contributed by atoms with Crippen LogP contribution in [-0.2, 0) is 0 Å². The van der Waals surface area contributed by atoms with Gasteiger partial charge in [-0.3, -0.25) is 4.98 Å². The number of nitrogen functional groups attached to an aromatic ring is 1. The van der Waals surface area contributed by atoms with Gasteiger partial charge in [0.05, 0.1) is 5.56 Å². The van der Waals surface area contributed by atoms with Crippen LogP contribution in [0, 0.1) is 6.92 Å². The summed E-state index contributed by atoms with van der Waals surface area (Å²) in [5, 5.41) is 4.08. The summed E-state index contributed by atoms with van der Waals surface area (Å²) in [6.07, 6.45) is 3.47. The van der Waals surface area contributed by atoms with Crippen LogP contribution >= 0.6 is 0 Å². The van der Waals surface area contributed by atoms with E-state index in [0.717, 1.165) is 27.9 Å². The Labute approximate surface area is 110 Å². The van der Waals surface area contributed by atoms with E-state index in [9.17, 15) is 0 Å². The first-order valence-corrected chi connectivity index (χ1v) is 5.98. The van der Waals surface area contributed by atoms with E-state index in [0.29, 0.717) is 5.88 Å². The second kappa shape index (κ2) is 4.57. The Morgan fingerprint density at radius 2 is 1.95 bits per heavy atom. The number of aromatic nitrogens is 2. The molecule has 0 spiro atoms. The predicted molar refractivity (Wildman–Crippen MR) is 74.3 cm³/mol. The van der Waals surface area contributed by atoms with Gasteiger partial charge in [-0.05, 0) is 19.1 Å². The lowest BCUT2D eigenvalue weighted by molar-refractivity contribution is 0.439. The summed E-state index contributed by atoms with van der Waals surface area (Å²) in [7, 11) is 0. The quantitative estimate of drug-likeness (QED) is 0.759. The van der Waals surface area contributed by atoms with Crippen molar-refractivity contribution in [2.75, 3.05) is 5.73 Å². The molecule has 0 fully saturated rings. The van der Waals surface area contributed by atoms with E-state index in [4.69, 9.17) is 10.3 Å². The first-order chi connectivity index (χ1) is 9.25. The van der Waals surface area contributed by atoms with Crippen LogP contribution in [0.5, 0.6) is 0 Å². The molecule has 94 valence electrons. The van der Waals surface area contributed by atoms with Gasteiger partial charge in [0, 0.05) is 23.5 Å². The number of aryl methyl sites for hydroxylation is 1. The second-order valence-corrected chi connectivity index (χ2v) is 4.38. The van der Waals surface area contributed by atoms with Gasteiger partial charge >= 0.3 is 0 Å². The minimum absolute atomic E-state index is 0.310. The maximum Gasteiger partial charge on any atom is 0.230 e. The average Bonchev–Trinajstić information content (AvgIpc) is 2.82. The number of benzene rings is 1. The van der Waals surface area contributed by atoms with Gasteiger partial charge in [-0.2, -0.15) is 0 Å². The van der Waals surface area contributed by atoms with Crippen LogP contribution in [0.1, 0.15) is 5.56 Å². The molecule has 3 rings (SSSR count). The minimum Gasteiger partial charge on any atom is -0.367 e. The van der Waals surface area contributed by atoms with Crippen LogP contribution in [0.15, 0.2) is 53.3 Å². The summed E-state index contributed by atoms with van der Waals surface area (Å²) in [6, 6.07) is 11.9. The minimum atomic E-state index is 0.310. The van der Waals surface area contributed by atoms with Crippen molar-refractivity contribution in [3.8, 4) is 22.4 Å². The Bertz CT molecular complexity index is 704. The first-order valence-electron chi connectivity index (χ1n) is 5.98. The van der Waals surface area contributed by atoms with Gasteiger partial charge < -0.3 is 10.3 Å². The van der Waals surface area contributed by atoms with Crippen molar-refractivity contribution in [3.05, 3.63) is 54.4 Å². The molecule has 2 heterocycles. The molecule has 3 aromatic rings. The Morgan fingerprint density at radius 3 is 2.68 bits per heavy atom. The SMILES string of the molecule is Cc1cccc(-c2noc(N)c2-c2cccnc2)c1. The third kappa shape index (κ3) is 2.08. The highest BCUT2D eigenvalue weighted by molar-refractivity contribution is 5.86. The van der Waals surface area contributed by atoms with Gasteiger partial charge in [-0.1, -0.05) is 35.0 Å². The van der Waals surface area contributed by atoms with Crippen molar-refractivity contribution in [1.82, 2.24) is 10.1 Å². The van der Waals surface area contributed by atoms with E-state index in [2.05, 4.69) is 16.2 Å². The van der Waals surface area contributed by atoms with Crippen molar-refractivity contribution in [2.45, 2.75) is 6.92 Å². The summed E-state index contributed by atoms with van der Waals surface area (Å²) < 4.78 is 5.14. The van der Waals surface area contributed by atoms with Gasteiger partial charge in [0.25, 0.3) is 0 Å². The third-order valence-electron chi connectivity index (χ3n) is 2.96. The van der Waals surface area contributed by atoms with Gasteiger partial charge in [-0.15, -0.1) is 0 Å². The molecule has 0 aliphatic heterocycles. The number of hydrogen-bond acceptors (Lipinski definition) is 4. The summed E-state index contributed by atoms with van der Waals surface area (Å²) in [5.74, 6) is 0.310. The van der Waals surface area contributed by atoms with Crippen molar-refractivity contribution in [3.63, 3.8) is 0 Å². The molecule has 4 heteroatoms. The molecule has 0 saturated carbocycles. The largest absolute Gasteiger partial charge is 0.367 e. The topological polar surface area (TPSA) is 64.9 Å². The maximum absolute atomic E-state index is 5.89. The van der Waals surface area contributed by atoms with Gasteiger partial charge in [0.15, 0.2) is 0 Å². The zero-order valence-electron chi connectivity index (χ0n) is 10.5. The van der Waals surface area contributed by atoms with Crippen LogP contribution < -0.4 is 5.73 Å². The fraction of sp³-hybridized carbons (Fsp3) is 0.0667. The fourth-order valence-electron chi connectivity index (χ4n) is 2.08. The van der Waals surface area contributed by atoms with Crippen LogP contribution in [-0.4, -0.2) is 10.1 Å². The highest BCUT2D eigenvalue weighted by Crippen LogP contribution is 2.35. The monoisotopic (exact) mass is 251 g/mol. The van der Waals surface area contributed by atoms with Crippen LogP contribution in [0.2, 0.25) is 0 Å². The maximum atomic E-state index is 5.89. The molecule has 0 radical (unpaired) electrons. The van der Waals surface area contributed by atoms with E-state index in [1.807, 2.05) is 37.3 Å². The Kier molecular flexibility index (Phi) is 2.76. The molecule has 1 aromatic carbocycles. The zero-order chi connectivity index (χ0) is 13.2. The molecule has 0 atom stereocenters. The molecule has 0 unspecified atom stereocenters. The van der Waals surface area contributed by atoms with E-state index in [-0.39, 0.29) is 0 Å². The molecular weight excluding hydrogens is 238 g/mol. The van der Waals surface area contributed by atoms with E-state index >= 15 is 0 Å². The van der Waals surface area contributed by atoms with Gasteiger partial charge in [0.2, 0.25) is 5.88 Å². The highest BCUT2D eigenvalue weighted by Gasteiger charge is 2.17. The highest BCUT2D eigenvalue weighted by atomic mass is 16.5. The van der Waals surface area contributed by atoms with E-state index < -0.39 is 0 Å². The molecule has 2 aromatic heterocycles. The number of hydrogen-bond donors (Lipinski definition) is 1. The first kappa shape index (κ1) is 11.5. The lowest BCUT2D eigenvalue weighted by Crippen LogP contribution is -1.88. The normalized spacial score (nSPS) is 10.6. The Balaban J connectivity index is 2.19. The fourth-order valence-corrected chi connectivity index (χ4v) is 2.08. The van der Waals surface area contributed by atoms with Crippen LogP contribution in [0.3, 0.4) is 0 Å². The van der Waals surface area contributed by atoms with Crippen LogP contribution in [0.25, 0.3) is 22.4 Å². The molecule has 0 bridgehead atoms.